The van der Waals surface area contributed by atoms with Gasteiger partial charge in [-0.1, -0.05) is 25.0 Å². The fourth-order valence-electron chi connectivity index (χ4n) is 1.66. The molecule has 0 aromatic heterocycles. The molecule has 0 bridgehead atoms. The Balaban J connectivity index is 2.80. The molecule has 104 valence electrons. The first-order valence-electron chi connectivity index (χ1n) is 6.23. The molecule has 0 fully saturated rings. The molecule has 0 heterocycles. The number of nitro groups is 1. The summed E-state index contributed by atoms with van der Waals surface area (Å²) in [4.78, 5) is 23.7. The molecule has 0 spiro atoms. The van der Waals surface area contributed by atoms with Crippen LogP contribution in [0.15, 0.2) is 30.3 Å². The lowest BCUT2D eigenvalue weighted by Gasteiger charge is -2.16. The second kappa shape index (κ2) is 7.74. The Hall–Kier alpha value is -2.61. The molecule has 0 aliphatic carbocycles. The average Bonchev–Trinajstić information content (AvgIpc) is 2.45. The van der Waals surface area contributed by atoms with E-state index in [0.29, 0.717) is 12.1 Å². The van der Waals surface area contributed by atoms with Crippen LogP contribution in [-0.4, -0.2) is 28.8 Å². The zero-order valence-corrected chi connectivity index (χ0v) is 11.3. The minimum absolute atomic E-state index is 0.00589. The van der Waals surface area contributed by atoms with Crippen LogP contribution < -0.4 is 0 Å². The van der Waals surface area contributed by atoms with Crippen LogP contribution >= 0.6 is 0 Å². The van der Waals surface area contributed by atoms with Crippen molar-refractivity contribution >= 4 is 17.7 Å². The van der Waals surface area contributed by atoms with E-state index in [4.69, 9.17) is 6.42 Å². The van der Waals surface area contributed by atoms with E-state index in [0.717, 1.165) is 6.42 Å². The molecule has 0 aliphatic rings. The first kappa shape index (κ1) is 15.4. The molecule has 5 nitrogen and oxygen atoms in total. The van der Waals surface area contributed by atoms with Crippen LogP contribution in [0.4, 0.5) is 5.69 Å². The summed E-state index contributed by atoms with van der Waals surface area (Å²) in [6, 6.07) is 6.09. The highest BCUT2D eigenvalue weighted by Crippen LogP contribution is 2.14. The SMILES string of the molecule is C#CCN(CCC)C(=O)/C=C/c1cccc([N+](=O)[O-])c1. The summed E-state index contributed by atoms with van der Waals surface area (Å²) in [5, 5.41) is 10.7. The predicted molar refractivity (Wildman–Crippen MR) is 77.8 cm³/mol. The summed E-state index contributed by atoms with van der Waals surface area (Å²) in [5.74, 6) is 2.24. The van der Waals surface area contributed by atoms with Crippen molar-refractivity contribution in [3.63, 3.8) is 0 Å². The Labute approximate surface area is 118 Å². The van der Waals surface area contributed by atoms with E-state index in [9.17, 15) is 14.9 Å². The highest BCUT2D eigenvalue weighted by molar-refractivity contribution is 5.92. The van der Waals surface area contributed by atoms with Gasteiger partial charge in [0.1, 0.15) is 0 Å². The van der Waals surface area contributed by atoms with Crippen LogP contribution in [0.25, 0.3) is 6.08 Å². The van der Waals surface area contributed by atoms with Gasteiger partial charge in [-0.05, 0) is 18.1 Å². The first-order valence-corrected chi connectivity index (χ1v) is 6.23. The van der Waals surface area contributed by atoms with E-state index in [-0.39, 0.29) is 18.1 Å². The molecule has 0 radical (unpaired) electrons. The quantitative estimate of drug-likeness (QED) is 0.346. The van der Waals surface area contributed by atoms with Crippen molar-refractivity contribution in [2.75, 3.05) is 13.1 Å². The fraction of sp³-hybridized carbons (Fsp3) is 0.267. The number of hydrogen-bond acceptors (Lipinski definition) is 3. The number of carbonyl (C=O) groups excluding carboxylic acids is 1. The third-order valence-corrected chi connectivity index (χ3v) is 2.59. The summed E-state index contributed by atoms with van der Waals surface area (Å²) >= 11 is 0. The number of hydrogen-bond donors (Lipinski definition) is 0. The number of rotatable bonds is 6. The summed E-state index contributed by atoms with van der Waals surface area (Å²) in [6.45, 7) is 2.80. The molecule has 5 heteroatoms. The molecule has 0 saturated carbocycles. The molecule has 1 rings (SSSR count). The summed E-state index contributed by atoms with van der Waals surface area (Å²) in [7, 11) is 0. The number of terminal acetylenes is 1. The van der Waals surface area contributed by atoms with Crippen molar-refractivity contribution in [3.8, 4) is 12.3 Å². The van der Waals surface area contributed by atoms with E-state index in [1.54, 1.807) is 23.1 Å². The van der Waals surface area contributed by atoms with Crippen LogP contribution in [0.5, 0.6) is 0 Å². The molecule has 0 aliphatic heterocycles. The third-order valence-electron chi connectivity index (χ3n) is 2.59. The second-order valence-electron chi connectivity index (χ2n) is 4.15. The molecule has 1 amide bonds. The van der Waals surface area contributed by atoms with E-state index < -0.39 is 4.92 Å². The molecule has 1 aromatic rings. The number of amides is 1. The van der Waals surface area contributed by atoms with E-state index in [1.807, 2.05) is 6.92 Å². The molecule has 0 atom stereocenters. The molecule has 20 heavy (non-hydrogen) atoms. The van der Waals surface area contributed by atoms with E-state index >= 15 is 0 Å². The molecule has 0 saturated heterocycles. The van der Waals surface area contributed by atoms with Gasteiger partial charge in [-0.25, -0.2) is 0 Å². The Kier molecular flexibility index (Phi) is 5.98. The molecule has 0 N–H and O–H groups in total. The van der Waals surface area contributed by atoms with Crippen molar-refractivity contribution in [1.82, 2.24) is 4.90 Å². The number of nitrogens with zero attached hydrogens (tertiary/aromatic N) is 2. The highest BCUT2D eigenvalue weighted by Gasteiger charge is 2.08. The summed E-state index contributed by atoms with van der Waals surface area (Å²) in [6.07, 6.45) is 8.96. The number of nitro benzene ring substituents is 1. The lowest BCUT2D eigenvalue weighted by atomic mass is 10.2. The van der Waals surface area contributed by atoms with Gasteiger partial charge >= 0.3 is 0 Å². The van der Waals surface area contributed by atoms with Crippen LogP contribution in [0, 0.1) is 22.5 Å². The fourth-order valence-corrected chi connectivity index (χ4v) is 1.66. The Morgan fingerprint density at radius 3 is 2.90 bits per heavy atom. The lowest BCUT2D eigenvalue weighted by Crippen LogP contribution is -2.30. The second-order valence-corrected chi connectivity index (χ2v) is 4.15. The number of benzene rings is 1. The maximum absolute atomic E-state index is 11.9. The van der Waals surface area contributed by atoms with Gasteiger partial charge in [-0.2, -0.15) is 0 Å². The Morgan fingerprint density at radius 2 is 2.30 bits per heavy atom. The number of carbonyl (C=O) groups is 1. The van der Waals surface area contributed by atoms with Crippen molar-refractivity contribution in [3.05, 3.63) is 46.0 Å². The van der Waals surface area contributed by atoms with Gasteiger partial charge in [0.05, 0.1) is 11.5 Å². The van der Waals surface area contributed by atoms with Crippen LogP contribution in [0.3, 0.4) is 0 Å². The van der Waals surface area contributed by atoms with E-state index in [1.165, 1.54) is 18.2 Å². The van der Waals surface area contributed by atoms with Crippen LogP contribution in [-0.2, 0) is 4.79 Å². The Bertz CT molecular complexity index is 558. The van der Waals surface area contributed by atoms with Gasteiger partial charge in [-0.15, -0.1) is 6.42 Å². The largest absolute Gasteiger partial charge is 0.328 e. The van der Waals surface area contributed by atoms with Crippen molar-refractivity contribution in [2.45, 2.75) is 13.3 Å². The van der Waals surface area contributed by atoms with Crippen LogP contribution in [0.1, 0.15) is 18.9 Å². The molecular formula is C15H16N2O3. The van der Waals surface area contributed by atoms with Gasteiger partial charge in [0.25, 0.3) is 5.69 Å². The zero-order valence-electron chi connectivity index (χ0n) is 11.3. The normalized spacial score (nSPS) is 10.2. The third kappa shape index (κ3) is 4.58. The number of non-ortho nitro benzene ring substituents is 1. The van der Waals surface area contributed by atoms with Gasteiger partial charge in [-0.3, -0.25) is 14.9 Å². The molecule has 0 unspecified atom stereocenters. The van der Waals surface area contributed by atoms with Gasteiger partial charge < -0.3 is 4.90 Å². The monoisotopic (exact) mass is 272 g/mol. The van der Waals surface area contributed by atoms with Crippen molar-refractivity contribution < 1.29 is 9.72 Å². The zero-order chi connectivity index (χ0) is 15.0. The highest BCUT2D eigenvalue weighted by atomic mass is 16.6. The smallest absolute Gasteiger partial charge is 0.270 e. The van der Waals surface area contributed by atoms with Crippen molar-refractivity contribution in [2.24, 2.45) is 0 Å². The van der Waals surface area contributed by atoms with Crippen molar-refractivity contribution in [1.29, 1.82) is 0 Å². The standard InChI is InChI=1S/C15H16N2O3/c1-3-10-16(11-4-2)15(18)9-8-13-6-5-7-14(12-13)17(19)20/h1,5-9,12H,4,10-11H2,2H3/b9-8+. The molecule has 1 aromatic carbocycles. The minimum atomic E-state index is -0.471. The Morgan fingerprint density at radius 1 is 1.55 bits per heavy atom. The lowest BCUT2D eigenvalue weighted by molar-refractivity contribution is -0.384. The van der Waals surface area contributed by atoms with E-state index in [2.05, 4.69) is 5.92 Å². The minimum Gasteiger partial charge on any atom is -0.328 e. The molecular weight excluding hydrogens is 256 g/mol. The van der Waals surface area contributed by atoms with Gasteiger partial charge in [0.2, 0.25) is 5.91 Å². The van der Waals surface area contributed by atoms with Crippen LogP contribution in [0.2, 0.25) is 0 Å². The topological polar surface area (TPSA) is 63.5 Å². The predicted octanol–water partition coefficient (Wildman–Crippen LogP) is 2.48. The summed E-state index contributed by atoms with van der Waals surface area (Å²) < 4.78 is 0. The van der Waals surface area contributed by atoms with Gasteiger partial charge in [0.15, 0.2) is 0 Å². The maximum Gasteiger partial charge on any atom is 0.270 e. The van der Waals surface area contributed by atoms with Gasteiger partial charge in [0, 0.05) is 24.8 Å². The first-order chi connectivity index (χ1) is 9.58. The summed E-state index contributed by atoms with van der Waals surface area (Å²) in [5.41, 5.74) is 0.596. The maximum atomic E-state index is 11.9. The average molecular weight is 272 g/mol.